The molecule has 0 fully saturated rings. The molecule has 1 amide bonds. The van der Waals surface area contributed by atoms with Crippen molar-refractivity contribution in [3.8, 4) is 0 Å². The van der Waals surface area contributed by atoms with Crippen LogP contribution in [0.15, 0.2) is 47.4 Å². The average Bonchev–Trinajstić information content (AvgIpc) is 2.39. The Morgan fingerprint density at radius 3 is 2.48 bits per heavy atom. The molecule has 0 radical (unpaired) electrons. The SMILES string of the molecule is Cc1cc(S(=O)(=O)Cl)ccc1NC(=O)c1cccc(I)c1. The minimum absolute atomic E-state index is 0.00826. The van der Waals surface area contributed by atoms with Gasteiger partial charge in [0.15, 0.2) is 0 Å². The van der Waals surface area contributed by atoms with Crippen molar-refractivity contribution in [3.05, 3.63) is 57.2 Å². The summed E-state index contributed by atoms with van der Waals surface area (Å²) in [4.78, 5) is 12.1. The normalized spacial score (nSPS) is 11.2. The van der Waals surface area contributed by atoms with E-state index in [9.17, 15) is 13.2 Å². The standard InChI is InChI=1S/C14H11ClINO3S/c1-9-7-12(21(15,19)20)5-6-13(9)17-14(18)10-3-2-4-11(16)8-10/h2-8H,1H3,(H,17,18). The highest BCUT2D eigenvalue weighted by Gasteiger charge is 2.13. The lowest BCUT2D eigenvalue weighted by Gasteiger charge is -2.09. The van der Waals surface area contributed by atoms with Crippen molar-refractivity contribution in [2.75, 3.05) is 5.32 Å². The number of carbonyl (C=O) groups excluding carboxylic acids is 1. The first kappa shape index (κ1) is 16.3. The maximum atomic E-state index is 12.1. The Labute approximate surface area is 141 Å². The van der Waals surface area contributed by atoms with Crippen molar-refractivity contribution in [2.24, 2.45) is 0 Å². The smallest absolute Gasteiger partial charge is 0.261 e. The molecule has 21 heavy (non-hydrogen) atoms. The average molecular weight is 436 g/mol. The Hall–Kier alpha value is -1.12. The molecule has 0 aliphatic rings. The third-order valence-electron chi connectivity index (χ3n) is 2.81. The van der Waals surface area contributed by atoms with E-state index >= 15 is 0 Å². The van der Waals surface area contributed by atoms with Crippen LogP contribution >= 0.6 is 33.3 Å². The summed E-state index contributed by atoms with van der Waals surface area (Å²) in [7, 11) is 1.52. The molecule has 110 valence electrons. The van der Waals surface area contributed by atoms with Gasteiger partial charge in [-0.1, -0.05) is 6.07 Å². The summed E-state index contributed by atoms with van der Waals surface area (Å²) >= 11 is 2.13. The second-order valence-electron chi connectivity index (χ2n) is 4.38. The first-order valence-corrected chi connectivity index (χ1v) is 9.28. The number of halogens is 2. The number of benzene rings is 2. The van der Waals surface area contributed by atoms with Gasteiger partial charge < -0.3 is 5.32 Å². The zero-order valence-electron chi connectivity index (χ0n) is 10.9. The maximum Gasteiger partial charge on any atom is 0.261 e. The fraction of sp³-hybridized carbons (Fsp3) is 0.0714. The van der Waals surface area contributed by atoms with Gasteiger partial charge in [-0.05, 0) is 71.5 Å². The second-order valence-corrected chi connectivity index (χ2v) is 8.19. The maximum absolute atomic E-state index is 12.1. The van der Waals surface area contributed by atoms with Crippen LogP contribution in [0.4, 0.5) is 5.69 Å². The van der Waals surface area contributed by atoms with Crippen LogP contribution in [0.25, 0.3) is 0 Å². The van der Waals surface area contributed by atoms with Gasteiger partial charge in [0.2, 0.25) is 0 Å². The lowest BCUT2D eigenvalue weighted by Crippen LogP contribution is -2.13. The molecule has 0 saturated carbocycles. The highest BCUT2D eigenvalue weighted by Crippen LogP contribution is 2.22. The first-order chi connectivity index (χ1) is 9.77. The van der Waals surface area contributed by atoms with Crippen LogP contribution in [0, 0.1) is 10.5 Å². The lowest BCUT2D eigenvalue weighted by molar-refractivity contribution is 0.102. The van der Waals surface area contributed by atoms with E-state index in [1.807, 2.05) is 6.07 Å². The van der Waals surface area contributed by atoms with Gasteiger partial charge in [-0.15, -0.1) is 0 Å². The number of hydrogen-bond donors (Lipinski definition) is 1. The van der Waals surface area contributed by atoms with Gasteiger partial charge in [-0.25, -0.2) is 8.42 Å². The summed E-state index contributed by atoms with van der Waals surface area (Å²) in [5, 5.41) is 2.75. The minimum atomic E-state index is -3.77. The molecular formula is C14H11ClINO3S. The predicted octanol–water partition coefficient (Wildman–Crippen LogP) is 3.78. The Balaban J connectivity index is 2.26. The van der Waals surface area contributed by atoms with Gasteiger partial charge >= 0.3 is 0 Å². The van der Waals surface area contributed by atoms with Crippen molar-refractivity contribution in [1.29, 1.82) is 0 Å². The molecule has 0 aromatic heterocycles. The Kier molecular flexibility index (Phi) is 4.90. The second kappa shape index (κ2) is 6.33. The van der Waals surface area contributed by atoms with Crippen LogP contribution in [-0.4, -0.2) is 14.3 Å². The Morgan fingerprint density at radius 1 is 1.19 bits per heavy atom. The van der Waals surface area contributed by atoms with E-state index in [1.165, 1.54) is 18.2 Å². The van der Waals surface area contributed by atoms with E-state index in [2.05, 4.69) is 27.9 Å². The fourth-order valence-corrected chi connectivity index (χ4v) is 3.13. The quantitative estimate of drug-likeness (QED) is 0.589. The summed E-state index contributed by atoms with van der Waals surface area (Å²) < 4.78 is 23.5. The zero-order valence-corrected chi connectivity index (χ0v) is 14.7. The minimum Gasteiger partial charge on any atom is -0.322 e. The third-order valence-corrected chi connectivity index (χ3v) is 4.84. The monoisotopic (exact) mass is 435 g/mol. The highest BCUT2D eigenvalue weighted by atomic mass is 127. The topological polar surface area (TPSA) is 63.2 Å². The summed E-state index contributed by atoms with van der Waals surface area (Å²) in [6.07, 6.45) is 0. The highest BCUT2D eigenvalue weighted by molar-refractivity contribution is 14.1. The summed E-state index contributed by atoms with van der Waals surface area (Å²) in [5.41, 5.74) is 1.70. The molecule has 1 N–H and O–H groups in total. The van der Waals surface area contributed by atoms with Crippen molar-refractivity contribution in [2.45, 2.75) is 11.8 Å². The van der Waals surface area contributed by atoms with E-state index in [1.54, 1.807) is 25.1 Å². The van der Waals surface area contributed by atoms with E-state index in [0.717, 1.165) is 3.57 Å². The lowest BCUT2D eigenvalue weighted by atomic mass is 10.1. The van der Waals surface area contributed by atoms with Crippen LogP contribution in [0.2, 0.25) is 0 Å². The number of hydrogen-bond acceptors (Lipinski definition) is 3. The molecule has 2 rings (SSSR count). The molecule has 0 aliphatic heterocycles. The van der Waals surface area contributed by atoms with Gasteiger partial charge in [0.1, 0.15) is 0 Å². The van der Waals surface area contributed by atoms with E-state index in [0.29, 0.717) is 16.8 Å². The van der Waals surface area contributed by atoms with Crippen LogP contribution in [0.5, 0.6) is 0 Å². The molecule has 0 unspecified atom stereocenters. The van der Waals surface area contributed by atoms with Crippen molar-refractivity contribution < 1.29 is 13.2 Å². The molecule has 7 heteroatoms. The molecular weight excluding hydrogens is 425 g/mol. The van der Waals surface area contributed by atoms with E-state index in [-0.39, 0.29) is 10.8 Å². The number of aryl methyl sites for hydroxylation is 1. The number of carbonyl (C=O) groups is 1. The van der Waals surface area contributed by atoms with Crippen LogP contribution < -0.4 is 5.32 Å². The van der Waals surface area contributed by atoms with E-state index in [4.69, 9.17) is 10.7 Å². The molecule has 4 nitrogen and oxygen atoms in total. The van der Waals surface area contributed by atoms with Gasteiger partial charge in [0, 0.05) is 25.5 Å². The molecule has 0 bridgehead atoms. The molecule has 0 heterocycles. The molecule has 0 saturated heterocycles. The molecule has 0 spiro atoms. The van der Waals surface area contributed by atoms with Crippen molar-refractivity contribution in [1.82, 2.24) is 0 Å². The summed E-state index contributed by atoms with van der Waals surface area (Å²) in [6, 6.07) is 11.5. The predicted molar refractivity (Wildman–Crippen MR) is 91.3 cm³/mol. The third kappa shape index (κ3) is 4.18. The molecule has 2 aromatic carbocycles. The van der Waals surface area contributed by atoms with Crippen LogP contribution in [0.3, 0.4) is 0 Å². The van der Waals surface area contributed by atoms with Gasteiger partial charge in [-0.3, -0.25) is 4.79 Å². The first-order valence-electron chi connectivity index (χ1n) is 5.89. The molecule has 2 aromatic rings. The largest absolute Gasteiger partial charge is 0.322 e. The number of rotatable bonds is 3. The number of amides is 1. The number of nitrogens with one attached hydrogen (secondary N) is 1. The molecule has 0 aliphatic carbocycles. The van der Waals surface area contributed by atoms with Gasteiger partial charge in [-0.2, -0.15) is 0 Å². The van der Waals surface area contributed by atoms with Gasteiger partial charge in [0.25, 0.3) is 15.0 Å². The fourth-order valence-electron chi connectivity index (χ4n) is 1.75. The summed E-state index contributed by atoms with van der Waals surface area (Å²) in [6.45, 7) is 1.70. The Morgan fingerprint density at radius 2 is 1.90 bits per heavy atom. The van der Waals surface area contributed by atoms with Crippen molar-refractivity contribution in [3.63, 3.8) is 0 Å². The van der Waals surface area contributed by atoms with Crippen LogP contribution in [0.1, 0.15) is 15.9 Å². The van der Waals surface area contributed by atoms with Crippen molar-refractivity contribution >= 4 is 53.9 Å². The zero-order chi connectivity index (χ0) is 15.6. The van der Waals surface area contributed by atoms with Gasteiger partial charge in [0.05, 0.1) is 4.90 Å². The Bertz CT molecular complexity index is 806. The number of anilines is 1. The summed E-state index contributed by atoms with van der Waals surface area (Å²) in [5.74, 6) is -0.252. The molecule has 0 atom stereocenters. The van der Waals surface area contributed by atoms with E-state index < -0.39 is 9.05 Å². The van der Waals surface area contributed by atoms with Crippen LogP contribution in [-0.2, 0) is 9.05 Å².